The van der Waals surface area contributed by atoms with E-state index in [9.17, 15) is 5.11 Å². The minimum Gasteiger partial charge on any atom is -0.473 e. The van der Waals surface area contributed by atoms with Crippen molar-refractivity contribution in [3.63, 3.8) is 0 Å². The maximum Gasteiger partial charge on any atom is 0.249 e. The maximum atomic E-state index is 9.97. The average Bonchev–Trinajstić information content (AvgIpc) is 2.91. The van der Waals surface area contributed by atoms with E-state index in [0.29, 0.717) is 12.4 Å². The molecule has 0 bridgehead atoms. The zero-order chi connectivity index (χ0) is 15.3. The van der Waals surface area contributed by atoms with Crippen molar-refractivity contribution in [3.8, 4) is 5.88 Å². The van der Waals surface area contributed by atoms with Crippen molar-refractivity contribution >= 4 is 17.2 Å². The molecule has 1 saturated heterocycles. The van der Waals surface area contributed by atoms with E-state index in [0.717, 1.165) is 32.0 Å². The molecule has 0 amide bonds. The van der Waals surface area contributed by atoms with Crippen LogP contribution in [0.5, 0.6) is 5.88 Å². The van der Waals surface area contributed by atoms with Crippen molar-refractivity contribution in [3.05, 3.63) is 5.38 Å². The molecule has 1 aliphatic heterocycles. The monoisotopic (exact) mass is 315 g/mol. The number of anilines is 1. The minimum atomic E-state index is -0.552. The Kier molecular flexibility index (Phi) is 5.80. The van der Waals surface area contributed by atoms with Crippen LogP contribution >= 0.6 is 11.5 Å². The van der Waals surface area contributed by atoms with Crippen LogP contribution < -0.4 is 15.0 Å². The van der Waals surface area contributed by atoms with E-state index >= 15 is 0 Å². The van der Waals surface area contributed by atoms with Gasteiger partial charge in [0.05, 0.1) is 13.2 Å². The summed E-state index contributed by atoms with van der Waals surface area (Å²) in [5.74, 6) is 0.608. The average molecular weight is 315 g/mol. The summed E-state index contributed by atoms with van der Waals surface area (Å²) in [7, 11) is 0. The highest BCUT2D eigenvalue weighted by molar-refractivity contribution is 7.04. The number of hydrogen-bond acceptors (Lipinski definition) is 7. The number of aromatic nitrogens is 1. The summed E-state index contributed by atoms with van der Waals surface area (Å²) in [6.45, 7) is 10.1. The lowest BCUT2D eigenvalue weighted by atomic mass is 10.1. The van der Waals surface area contributed by atoms with E-state index < -0.39 is 6.10 Å². The third-order valence-electron chi connectivity index (χ3n) is 3.15. The van der Waals surface area contributed by atoms with Crippen molar-refractivity contribution < 1.29 is 14.6 Å². The Balaban J connectivity index is 1.82. The highest BCUT2D eigenvalue weighted by atomic mass is 32.1. The first kappa shape index (κ1) is 16.5. The molecule has 1 atom stereocenters. The molecule has 7 heteroatoms. The molecular formula is C14H25N3O3S. The Morgan fingerprint density at radius 3 is 2.86 bits per heavy atom. The SMILES string of the molecule is CC(C)(C)NC[C@H](O)COc1nscc1N1CCOCC1. The summed E-state index contributed by atoms with van der Waals surface area (Å²) in [4.78, 5) is 2.21. The molecule has 2 heterocycles. The highest BCUT2D eigenvalue weighted by Crippen LogP contribution is 2.29. The number of rotatable bonds is 6. The first-order chi connectivity index (χ1) is 9.96. The summed E-state index contributed by atoms with van der Waals surface area (Å²) in [5.41, 5.74) is 0.986. The van der Waals surface area contributed by atoms with Crippen LogP contribution in [0.15, 0.2) is 5.38 Å². The Labute approximate surface area is 130 Å². The molecule has 2 rings (SSSR count). The summed E-state index contributed by atoms with van der Waals surface area (Å²) < 4.78 is 15.3. The van der Waals surface area contributed by atoms with Crippen LogP contribution in [0.4, 0.5) is 5.69 Å². The van der Waals surface area contributed by atoms with Crippen molar-refractivity contribution in [2.24, 2.45) is 0 Å². The molecule has 1 fully saturated rings. The number of aliphatic hydroxyl groups excluding tert-OH is 1. The predicted octanol–water partition coefficient (Wildman–Crippen LogP) is 1.11. The fraction of sp³-hybridized carbons (Fsp3) is 0.786. The minimum absolute atomic E-state index is 0.0133. The second-order valence-corrected chi connectivity index (χ2v) is 6.83. The fourth-order valence-corrected chi connectivity index (χ4v) is 2.64. The van der Waals surface area contributed by atoms with E-state index in [1.165, 1.54) is 11.5 Å². The van der Waals surface area contributed by atoms with E-state index in [1.54, 1.807) is 0 Å². The molecule has 0 radical (unpaired) electrons. The van der Waals surface area contributed by atoms with Gasteiger partial charge in [0.1, 0.15) is 18.4 Å². The lowest BCUT2D eigenvalue weighted by Crippen LogP contribution is -2.42. The van der Waals surface area contributed by atoms with Crippen LogP contribution in [0.1, 0.15) is 20.8 Å². The topological polar surface area (TPSA) is 66.8 Å². The normalized spacial score (nSPS) is 17.8. The summed E-state index contributed by atoms with van der Waals surface area (Å²) >= 11 is 1.37. The summed E-state index contributed by atoms with van der Waals surface area (Å²) in [6, 6.07) is 0. The van der Waals surface area contributed by atoms with Gasteiger partial charge in [-0.3, -0.25) is 0 Å². The van der Waals surface area contributed by atoms with E-state index in [2.05, 4.69) is 35.4 Å². The molecule has 0 unspecified atom stereocenters. The number of nitrogens with one attached hydrogen (secondary N) is 1. The van der Waals surface area contributed by atoms with Crippen LogP contribution in [0, 0.1) is 0 Å². The molecule has 1 aromatic heterocycles. The van der Waals surface area contributed by atoms with Gasteiger partial charge in [-0.1, -0.05) is 0 Å². The number of β-amino-alcohol motifs (C(OH)–C–C–N with tert-alkyl or cyclic N) is 1. The van der Waals surface area contributed by atoms with Crippen LogP contribution in [-0.4, -0.2) is 60.6 Å². The third kappa shape index (κ3) is 5.43. The van der Waals surface area contributed by atoms with Gasteiger partial charge in [0.2, 0.25) is 5.88 Å². The van der Waals surface area contributed by atoms with Gasteiger partial charge in [-0.2, -0.15) is 4.37 Å². The van der Waals surface area contributed by atoms with Gasteiger partial charge < -0.3 is 24.8 Å². The quantitative estimate of drug-likeness (QED) is 0.820. The van der Waals surface area contributed by atoms with Crippen LogP contribution in [-0.2, 0) is 4.74 Å². The zero-order valence-corrected chi connectivity index (χ0v) is 13.8. The molecule has 21 heavy (non-hydrogen) atoms. The number of ether oxygens (including phenoxy) is 2. The molecular weight excluding hydrogens is 290 g/mol. The largest absolute Gasteiger partial charge is 0.473 e. The predicted molar refractivity (Wildman–Crippen MR) is 84.4 cm³/mol. The lowest BCUT2D eigenvalue weighted by molar-refractivity contribution is 0.0976. The van der Waals surface area contributed by atoms with Gasteiger partial charge in [0.25, 0.3) is 0 Å². The second-order valence-electron chi connectivity index (χ2n) is 6.20. The van der Waals surface area contributed by atoms with E-state index in [4.69, 9.17) is 9.47 Å². The third-order valence-corrected chi connectivity index (χ3v) is 3.75. The molecule has 6 nitrogen and oxygen atoms in total. The van der Waals surface area contributed by atoms with Gasteiger partial charge in [-0.05, 0) is 32.3 Å². The van der Waals surface area contributed by atoms with E-state index in [1.807, 2.05) is 5.38 Å². The molecule has 1 aliphatic rings. The highest BCUT2D eigenvalue weighted by Gasteiger charge is 2.19. The molecule has 2 N–H and O–H groups in total. The first-order valence-corrected chi connectivity index (χ1v) is 8.12. The number of morpholine rings is 1. The van der Waals surface area contributed by atoms with Gasteiger partial charge in [-0.25, -0.2) is 0 Å². The first-order valence-electron chi connectivity index (χ1n) is 7.29. The smallest absolute Gasteiger partial charge is 0.249 e. The van der Waals surface area contributed by atoms with Crippen molar-refractivity contribution in [1.82, 2.24) is 9.69 Å². The summed E-state index contributed by atoms with van der Waals surface area (Å²) in [5, 5.41) is 15.2. The van der Waals surface area contributed by atoms with Crippen LogP contribution in [0.25, 0.3) is 0 Å². The summed E-state index contributed by atoms with van der Waals surface area (Å²) in [6.07, 6.45) is -0.552. The molecule has 1 aromatic rings. The molecule has 0 aromatic carbocycles. The zero-order valence-electron chi connectivity index (χ0n) is 13.0. The van der Waals surface area contributed by atoms with Crippen molar-refractivity contribution in [2.45, 2.75) is 32.4 Å². The fourth-order valence-electron chi connectivity index (χ4n) is 1.99. The van der Waals surface area contributed by atoms with E-state index in [-0.39, 0.29) is 12.1 Å². The molecule has 120 valence electrons. The van der Waals surface area contributed by atoms with Crippen molar-refractivity contribution in [2.75, 3.05) is 44.4 Å². The number of aliphatic hydroxyl groups is 1. The van der Waals surface area contributed by atoms with Gasteiger partial charge in [0, 0.05) is 30.6 Å². The standard InChI is InChI=1S/C14H25N3O3S/c1-14(2,3)15-8-11(18)9-20-13-12(10-21-16-13)17-4-6-19-7-5-17/h10-11,15,18H,4-9H2,1-3H3/t11-/m0/s1. The molecule has 0 spiro atoms. The Hall–Kier alpha value is -0.890. The van der Waals surface area contributed by atoms with Gasteiger partial charge in [0.15, 0.2) is 0 Å². The van der Waals surface area contributed by atoms with Crippen LogP contribution in [0.2, 0.25) is 0 Å². The molecule has 0 saturated carbocycles. The number of hydrogen-bond donors (Lipinski definition) is 2. The Bertz CT molecular complexity index is 427. The van der Waals surface area contributed by atoms with Crippen molar-refractivity contribution in [1.29, 1.82) is 0 Å². The second kappa shape index (κ2) is 7.40. The Morgan fingerprint density at radius 2 is 2.19 bits per heavy atom. The van der Waals surface area contributed by atoms with Gasteiger partial charge >= 0.3 is 0 Å². The molecule has 0 aliphatic carbocycles. The maximum absolute atomic E-state index is 9.97. The number of nitrogens with zero attached hydrogens (tertiary/aromatic N) is 2. The lowest BCUT2D eigenvalue weighted by Gasteiger charge is -2.28. The van der Waals surface area contributed by atoms with Crippen LogP contribution in [0.3, 0.4) is 0 Å². The Morgan fingerprint density at radius 1 is 1.48 bits per heavy atom. The van der Waals surface area contributed by atoms with Gasteiger partial charge in [-0.15, -0.1) is 0 Å².